The van der Waals surface area contributed by atoms with E-state index in [2.05, 4.69) is 15.9 Å². The van der Waals surface area contributed by atoms with Crippen molar-refractivity contribution in [2.45, 2.75) is 6.04 Å². The fourth-order valence-corrected chi connectivity index (χ4v) is 2.15. The van der Waals surface area contributed by atoms with Crippen LogP contribution in [0.5, 0.6) is 0 Å². The highest BCUT2D eigenvalue weighted by atomic mass is 79.9. The number of hydrogen-bond donors (Lipinski definition) is 2. The summed E-state index contributed by atoms with van der Waals surface area (Å²) in [4.78, 5) is 0. The molecule has 0 amide bonds. The Morgan fingerprint density at radius 3 is 2.93 bits per heavy atom. The molecule has 0 aliphatic rings. The molecule has 0 spiro atoms. The second-order valence-corrected chi connectivity index (χ2v) is 4.56. The number of benzene rings is 1. The average Bonchev–Trinajstić information content (AvgIpc) is 2.54. The average molecular weight is 269 g/mol. The predicted octanol–water partition coefficient (Wildman–Crippen LogP) is 1.93. The van der Waals surface area contributed by atoms with Crippen LogP contribution in [-0.2, 0) is 7.05 Å². The number of aliphatic hydroxyl groups excluding tert-OH is 1. The third kappa shape index (κ3) is 1.80. The molecule has 0 saturated heterocycles. The van der Waals surface area contributed by atoms with Crippen LogP contribution in [0.3, 0.4) is 0 Å². The van der Waals surface area contributed by atoms with Gasteiger partial charge < -0.3 is 15.4 Å². The molecule has 0 aliphatic carbocycles. The zero-order chi connectivity index (χ0) is 11.0. The van der Waals surface area contributed by atoms with E-state index in [1.165, 1.54) is 0 Å². The van der Waals surface area contributed by atoms with Crippen LogP contribution in [0.25, 0.3) is 10.9 Å². The minimum absolute atomic E-state index is 0.0361. The number of aryl methyl sites for hydroxylation is 1. The van der Waals surface area contributed by atoms with Crippen molar-refractivity contribution in [2.75, 3.05) is 6.61 Å². The Morgan fingerprint density at radius 2 is 2.27 bits per heavy atom. The Labute approximate surface area is 96.6 Å². The van der Waals surface area contributed by atoms with Gasteiger partial charge in [-0.2, -0.15) is 0 Å². The Kier molecular flexibility index (Phi) is 2.82. The molecule has 1 atom stereocenters. The van der Waals surface area contributed by atoms with Gasteiger partial charge in [0.05, 0.1) is 12.6 Å². The van der Waals surface area contributed by atoms with Crippen molar-refractivity contribution in [3.05, 3.63) is 34.4 Å². The molecule has 0 bridgehead atoms. The van der Waals surface area contributed by atoms with Gasteiger partial charge in [-0.15, -0.1) is 0 Å². The molecule has 1 unspecified atom stereocenters. The van der Waals surface area contributed by atoms with Crippen molar-refractivity contribution >= 4 is 26.8 Å². The summed E-state index contributed by atoms with van der Waals surface area (Å²) in [7, 11) is 1.98. The first-order valence-corrected chi connectivity index (χ1v) is 5.53. The lowest BCUT2D eigenvalue weighted by Crippen LogP contribution is -2.13. The minimum atomic E-state index is -0.317. The number of fused-ring (bicyclic) bond motifs is 1. The second kappa shape index (κ2) is 3.96. The number of hydrogen-bond acceptors (Lipinski definition) is 2. The van der Waals surface area contributed by atoms with Crippen molar-refractivity contribution in [1.29, 1.82) is 0 Å². The Balaban J connectivity index is 2.69. The van der Waals surface area contributed by atoms with Gasteiger partial charge in [-0.05, 0) is 23.8 Å². The summed E-state index contributed by atoms with van der Waals surface area (Å²) < 4.78 is 3.04. The quantitative estimate of drug-likeness (QED) is 0.875. The zero-order valence-electron chi connectivity index (χ0n) is 8.44. The second-order valence-electron chi connectivity index (χ2n) is 3.65. The van der Waals surface area contributed by atoms with Crippen LogP contribution in [0.15, 0.2) is 28.9 Å². The first-order chi connectivity index (χ1) is 7.13. The van der Waals surface area contributed by atoms with Gasteiger partial charge in [0.2, 0.25) is 0 Å². The van der Waals surface area contributed by atoms with Crippen molar-refractivity contribution in [1.82, 2.24) is 4.57 Å². The fraction of sp³-hybridized carbons (Fsp3) is 0.273. The van der Waals surface area contributed by atoms with Crippen molar-refractivity contribution in [2.24, 2.45) is 12.8 Å². The molecule has 80 valence electrons. The monoisotopic (exact) mass is 268 g/mol. The fourth-order valence-electron chi connectivity index (χ4n) is 1.79. The minimum Gasteiger partial charge on any atom is -0.394 e. The van der Waals surface area contributed by atoms with Crippen molar-refractivity contribution in [3.63, 3.8) is 0 Å². The molecule has 15 heavy (non-hydrogen) atoms. The van der Waals surface area contributed by atoms with Crippen LogP contribution < -0.4 is 5.73 Å². The van der Waals surface area contributed by atoms with Crippen LogP contribution in [-0.4, -0.2) is 16.3 Å². The van der Waals surface area contributed by atoms with Crippen LogP contribution >= 0.6 is 15.9 Å². The van der Waals surface area contributed by atoms with E-state index in [4.69, 9.17) is 10.8 Å². The third-order valence-corrected chi connectivity index (χ3v) is 3.07. The maximum Gasteiger partial charge on any atom is 0.0625 e. The lowest BCUT2D eigenvalue weighted by molar-refractivity contribution is 0.268. The van der Waals surface area contributed by atoms with E-state index in [0.717, 1.165) is 20.9 Å². The number of rotatable bonds is 2. The molecule has 2 aromatic rings. The van der Waals surface area contributed by atoms with E-state index >= 15 is 0 Å². The Bertz CT molecular complexity index is 493. The molecule has 0 saturated carbocycles. The lowest BCUT2D eigenvalue weighted by Gasteiger charge is -2.05. The summed E-state index contributed by atoms with van der Waals surface area (Å²) in [6.07, 6.45) is 1.97. The summed E-state index contributed by atoms with van der Waals surface area (Å²) in [5, 5.41) is 10.2. The number of nitrogens with two attached hydrogens (primary N) is 1. The first-order valence-electron chi connectivity index (χ1n) is 4.74. The highest BCUT2D eigenvalue weighted by Crippen LogP contribution is 2.27. The zero-order valence-corrected chi connectivity index (χ0v) is 10.0. The summed E-state index contributed by atoms with van der Waals surface area (Å²) >= 11 is 3.43. The third-order valence-electron chi connectivity index (χ3n) is 2.58. The molecule has 1 heterocycles. The lowest BCUT2D eigenvalue weighted by atomic mass is 10.1. The number of aliphatic hydroxyl groups is 1. The molecular formula is C11H13BrN2O. The predicted molar refractivity (Wildman–Crippen MR) is 64.6 cm³/mol. The van der Waals surface area contributed by atoms with Gasteiger partial charge in [0.25, 0.3) is 0 Å². The molecule has 1 aromatic heterocycles. The smallest absolute Gasteiger partial charge is 0.0625 e. The highest BCUT2D eigenvalue weighted by molar-refractivity contribution is 9.10. The van der Waals surface area contributed by atoms with E-state index < -0.39 is 0 Å². The Morgan fingerprint density at radius 1 is 1.53 bits per heavy atom. The maximum atomic E-state index is 9.08. The number of aromatic nitrogens is 1. The largest absolute Gasteiger partial charge is 0.394 e. The van der Waals surface area contributed by atoms with Crippen LogP contribution in [0.1, 0.15) is 11.6 Å². The van der Waals surface area contributed by atoms with Gasteiger partial charge in [-0.1, -0.05) is 15.9 Å². The van der Waals surface area contributed by atoms with Gasteiger partial charge in [-0.3, -0.25) is 0 Å². The summed E-state index contributed by atoms with van der Waals surface area (Å²) in [5.41, 5.74) is 7.95. The molecular weight excluding hydrogens is 256 g/mol. The van der Waals surface area contributed by atoms with Gasteiger partial charge in [0.1, 0.15) is 0 Å². The van der Waals surface area contributed by atoms with Gasteiger partial charge >= 0.3 is 0 Å². The molecule has 0 fully saturated rings. The first kappa shape index (κ1) is 10.7. The number of halogens is 1. The molecule has 1 aromatic carbocycles. The molecule has 4 heteroatoms. The van der Waals surface area contributed by atoms with E-state index in [1.807, 2.05) is 36.0 Å². The molecule has 3 nitrogen and oxygen atoms in total. The topological polar surface area (TPSA) is 51.2 Å². The van der Waals surface area contributed by atoms with E-state index in [9.17, 15) is 0 Å². The normalized spacial score (nSPS) is 13.3. The highest BCUT2D eigenvalue weighted by Gasteiger charge is 2.12. The van der Waals surface area contributed by atoms with E-state index in [0.29, 0.717) is 0 Å². The van der Waals surface area contributed by atoms with Crippen LogP contribution in [0.4, 0.5) is 0 Å². The summed E-state index contributed by atoms with van der Waals surface area (Å²) in [5.74, 6) is 0. The van der Waals surface area contributed by atoms with Gasteiger partial charge in [0.15, 0.2) is 0 Å². The molecule has 3 N–H and O–H groups in total. The van der Waals surface area contributed by atoms with Crippen LogP contribution in [0.2, 0.25) is 0 Å². The van der Waals surface area contributed by atoms with E-state index in [1.54, 1.807) is 0 Å². The SMILES string of the molecule is Cn1cc(C(N)CO)c2cc(Br)ccc21. The summed E-state index contributed by atoms with van der Waals surface area (Å²) in [6.45, 7) is -0.0361. The Hall–Kier alpha value is -0.840. The standard InChI is InChI=1S/C11H13BrN2O/c1-14-5-9(10(13)6-15)8-4-7(12)2-3-11(8)14/h2-5,10,15H,6,13H2,1H3. The molecule has 0 aliphatic heterocycles. The molecule has 0 radical (unpaired) electrons. The van der Waals surface area contributed by atoms with Crippen LogP contribution in [0, 0.1) is 0 Å². The van der Waals surface area contributed by atoms with E-state index in [-0.39, 0.29) is 12.6 Å². The maximum absolute atomic E-state index is 9.08. The number of nitrogens with zero attached hydrogens (tertiary/aromatic N) is 1. The summed E-state index contributed by atoms with van der Waals surface area (Å²) in [6, 6.07) is 5.74. The van der Waals surface area contributed by atoms with Gasteiger partial charge in [0, 0.05) is 28.6 Å². The molecule has 2 rings (SSSR count). The van der Waals surface area contributed by atoms with Crippen molar-refractivity contribution in [3.8, 4) is 0 Å². The van der Waals surface area contributed by atoms with Crippen molar-refractivity contribution < 1.29 is 5.11 Å². The van der Waals surface area contributed by atoms with Gasteiger partial charge in [-0.25, -0.2) is 0 Å².